The molecule has 1 aliphatic carbocycles. The highest BCUT2D eigenvalue weighted by Crippen LogP contribution is 2.32. The first-order chi connectivity index (χ1) is 11.4. The smallest absolute Gasteiger partial charge is 0.329 e. The molecule has 8 heteroatoms. The van der Waals surface area contributed by atoms with E-state index in [1.807, 2.05) is 13.8 Å². The molecular weight excluding hydrogens is 332 g/mol. The number of rotatable bonds is 7. The standard InChI is InChI=1S/C16H22N2O5S/c1-9-10(2)24-16(18-12(19)7-23-8-13(20)21)14(9)15(22)17-11-5-3-4-6-11/h11H,3-8H2,1-2H3,(H,17,22)(H,18,19)(H,20,21). The van der Waals surface area contributed by atoms with E-state index in [1.54, 1.807) is 0 Å². The van der Waals surface area contributed by atoms with Crippen LogP contribution in [0.4, 0.5) is 5.00 Å². The molecule has 0 spiro atoms. The molecular formula is C16H22N2O5S. The minimum absolute atomic E-state index is 0.175. The van der Waals surface area contributed by atoms with Gasteiger partial charge in [-0.25, -0.2) is 4.79 Å². The molecule has 0 atom stereocenters. The Morgan fingerprint density at radius 2 is 1.88 bits per heavy atom. The molecule has 132 valence electrons. The van der Waals surface area contributed by atoms with Crippen LogP contribution in [0.2, 0.25) is 0 Å². The second-order valence-corrected chi connectivity index (χ2v) is 7.10. The van der Waals surface area contributed by atoms with Crippen molar-refractivity contribution in [1.29, 1.82) is 0 Å². The molecule has 1 aliphatic rings. The van der Waals surface area contributed by atoms with Crippen LogP contribution in [0.15, 0.2) is 0 Å². The average molecular weight is 354 g/mol. The molecule has 0 aliphatic heterocycles. The number of ether oxygens (including phenoxy) is 1. The van der Waals surface area contributed by atoms with Crippen LogP contribution in [-0.4, -0.2) is 42.1 Å². The summed E-state index contributed by atoms with van der Waals surface area (Å²) in [5, 5.41) is 14.7. The molecule has 0 aromatic carbocycles. The monoisotopic (exact) mass is 354 g/mol. The molecule has 2 rings (SSSR count). The number of carbonyl (C=O) groups is 3. The van der Waals surface area contributed by atoms with Gasteiger partial charge in [-0.15, -0.1) is 11.3 Å². The van der Waals surface area contributed by atoms with Crippen molar-refractivity contribution in [1.82, 2.24) is 5.32 Å². The van der Waals surface area contributed by atoms with Crippen molar-refractivity contribution in [3.63, 3.8) is 0 Å². The Kier molecular flexibility index (Phi) is 6.33. The van der Waals surface area contributed by atoms with E-state index in [0.29, 0.717) is 10.6 Å². The summed E-state index contributed by atoms with van der Waals surface area (Å²) in [7, 11) is 0. The minimum Gasteiger partial charge on any atom is -0.480 e. The van der Waals surface area contributed by atoms with Gasteiger partial charge in [-0.2, -0.15) is 0 Å². The van der Waals surface area contributed by atoms with Gasteiger partial charge in [-0.1, -0.05) is 12.8 Å². The zero-order valence-electron chi connectivity index (χ0n) is 13.8. The molecule has 1 fully saturated rings. The topological polar surface area (TPSA) is 105 Å². The molecule has 0 unspecified atom stereocenters. The van der Waals surface area contributed by atoms with Crippen LogP contribution in [0.1, 0.15) is 46.5 Å². The number of anilines is 1. The van der Waals surface area contributed by atoms with Crippen molar-refractivity contribution in [3.8, 4) is 0 Å². The van der Waals surface area contributed by atoms with Crippen LogP contribution in [-0.2, 0) is 14.3 Å². The fourth-order valence-corrected chi connectivity index (χ4v) is 3.78. The quantitative estimate of drug-likeness (QED) is 0.695. The van der Waals surface area contributed by atoms with Gasteiger partial charge < -0.3 is 20.5 Å². The highest BCUT2D eigenvalue weighted by molar-refractivity contribution is 7.16. The van der Waals surface area contributed by atoms with E-state index in [-0.39, 0.29) is 18.6 Å². The maximum Gasteiger partial charge on any atom is 0.329 e. The van der Waals surface area contributed by atoms with Crippen LogP contribution in [0.5, 0.6) is 0 Å². The van der Waals surface area contributed by atoms with Crippen LogP contribution in [0.3, 0.4) is 0 Å². The first-order valence-corrected chi connectivity index (χ1v) is 8.70. The second-order valence-electron chi connectivity index (χ2n) is 5.88. The molecule has 7 nitrogen and oxygen atoms in total. The Hall–Kier alpha value is -1.93. The highest BCUT2D eigenvalue weighted by Gasteiger charge is 2.24. The molecule has 0 bridgehead atoms. The zero-order chi connectivity index (χ0) is 17.7. The number of aliphatic carboxylic acids is 1. The van der Waals surface area contributed by atoms with Gasteiger partial charge in [0.2, 0.25) is 0 Å². The Bertz CT molecular complexity index is 635. The Morgan fingerprint density at radius 1 is 1.21 bits per heavy atom. The summed E-state index contributed by atoms with van der Waals surface area (Å²) in [5.41, 5.74) is 1.33. The molecule has 24 heavy (non-hydrogen) atoms. The van der Waals surface area contributed by atoms with E-state index in [4.69, 9.17) is 9.84 Å². The van der Waals surface area contributed by atoms with Crippen LogP contribution in [0.25, 0.3) is 0 Å². The average Bonchev–Trinajstić information content (AvgIpc) is 3.08. The van der Waals surface area contributed by atoms with Gasteiger partial charge in [0.15, 0.2) is 0 Å². The summed E-state index contributed by atoms with van der Waals surface area (Å²) in [5.74, 6) is -1.79. The van der Waals surface area contributed by atoms with E-state index >= 15 is 0 Å². The zero-order valence-corrected chi connectivity index (χ0v) is 14.6. The van der Waals surface area contributed by atoms with E-state index in [9.17, 15) is 14.4 Å². The van der Waals surface area contributed by atoms with Gasteiger partial charge in [0.25, 0.3) is 11.8 Å². The Balaban J connectivity index is 2.03. The molecule has 0 saturated heterocycles. The summed E-state index contributed by atoms with van der Waals surface area (Å²) >= 11 is 1.33. The number of nitrogens with one attached hydrogen (secondary N) is 2. The lowest BCUT2D eigenvalue weighted by Gasteiger charge is -2.13. The summed E-state index contributed by atoms with van der Waals surface area (Å²) in [4.78, 5) is 35.8. The van der Waals surface area contributed by atoms with E-state index in [2.05, 4.69) is 10.6 Å². The van der Waals surface area contributed by atoms with Gasteiger partial charge in [-0.05, 0) is 32.3 Å². The van der Waals surface area contributed by atoms with Crippen molar-refractivity contribution in [3.05, 3.63) is 16.0 Å². The molecule has 1 aromatic heterocycles. The summed E-state index contributed by atoms with van der Waals surface area (Å²) in [6, 6.07) is 0.194. The number of hydrogen-bond acceptors (Lipinski definition) is 5. The number of carbonyl (C=O) groups excluding carboxylic acids is 2. The SMILES string of the molecule is Cc1sc(NC(=O)COCC(=O)O)c(C(=O)NC2CCCC2)c1C. The lowest BCUT2D eigenvalue weighted by molar-refractivity contribution is -0.143. The molecule has 1 heterocycles. The number of carboxylic acid groups (broad SMARTS) is 1. The van der Waals surface area contributed by atoms with Gasteiger partial charge in [0.05, 0.1) is 5.56 Å². The summed E-state index contributed by atoms with van der Waals surface area (Å²) in [6.07, 6.45) is 4.21. The number of thiophene rings is 1. The second kappa shape index (κ2) is 8.25. The number of carboxylic acids is 1. The maximum atomic E-state index is 12.6. The van der Waals surface area contributed by atoms with Gasteiger partial charge >= 0.3 is 5.97 Å². The first-order valence-electron chi connectivity index (χ1n) is 7.88. The van der Waals surface area contributed by atoms with Gasteiger partial charge in [-0.3, -0.25) is 9.59 Å². The van der Waals surface area contributed by atoms with Crippen molar-refractivity contribution in [2.24, 2.45) is 0 Å². The minimum atomic E-state index is -1.14. The van der Waals surface area contributed by atoms with Crippen molar-refractivity contribution < 1.29 is 24.2 Å². The summed E-state index contributed by atoms with van der Waals surface area (Å²) < 4.78 is 4.77. The predicted molar refractivity (Wildman–Crippen MR) is 90.6 cm³/mol. The third-order valence-corrected chi connectivity index (χ3v) is 5.14. The molecule has 0 radical (unpaired) electrons. The fourth-order valence-electron chi connectivity index (χ4n) is 2.71. The molecule has 2 amide bonds. The van der Waals surface area contributed by atoms with Gasteiger partial charge in [0, 0.05) is 10.9 Å². The maximum absolute atomic E-state index is 12.6. The van der Waals surface area contributed by atoms with Crippen molar-refractivity contribution in [2.45, 2.75) is 45.6 Å². The van der Waals surface area contributed by atoms with Crippen molar-refractivity contribution >= 4 is 34.1 Å². The molecule has 3 N–H and O–H groups in total. The highest BCUT2D eigenvalue weighted by atomic mass is 32.1. The molecule has 1 aromatic rings. The normalized spacial score (nSPS) is 14.6. The van der Waals surface area contributed by atoms with Gasteiger partial charge in [0.1, 0.15) is 18.2 Å². The lowest BCUT2D eigenvalue weighted by Crippen LogP contribution is -2.33. The van der Waals surface area contributed by atoms with Crippen molar-refractivity contribution in [2.75, 3.05) is 18.5 Å². The number of hydrogen-bond donors (Lipinski definition) is 3. The fraction of sp³-hybridized carbons (Fsp3) is 0.562. The van der Waals surface area contributed by atoms with E-state index in [0.717, 1.165) is 36.1 Å². The Labute approximate surface area is 144 Å². The number of aryl methyl sites for hydroxylation is 1. The summed E-state index contributed by atoms with van der Waals surface area (Å²) in [6.45, 7) is 2.84. The number of amides is 2. The third kappa shape index (κ3) is 4.78. The van der Waals surface area contributed by atoms with Crippen LogP contribution >= 0.6 is 11.3 Å². The van der Waals surface area contributed by atoms with E-state index in [1.165, 1.54) is 11.3 Å². The van der Waals surface area contributed by atoms with E-state index < -0.39 is 18.5 Å². The third-order valence-electron chi connectivity index (χ3n) is 4.01. The largest absolute Gasteiger partial charge is 0.480 e. The van der Waals surface area contributed by atoms with Crippen LogP contribution in [0, 0.1) is 13.8 Å². The predicted octanol–water partition coefficient (Wildman–Crippen LogP) is 2.08. The first kappa shape index (κ1) is 18.4. The lowest BCUT2D eigenvalue weighted by atomic mass is 10.1. The van der Waals surface area contributed by atoms with Crippen LogP contribution < -0.4 is 10.6 Å². The Morgan fingerprint density at radius 3 is 2.50 bits per heavy atom. The molecule has 1 saturated carbocycles.